The first-order chi connectivity index (χ1) is 6.31. The van der Waals surface area contributed by atoms with Gasteiger partial charge in [0.15, 0.2) is 0 Å². The number of fused-ring (bicyclic) bond motifs is 1. The standard InChI is InChI=1S/C11H14ClN/c1-2-8-5-6-13-11-7-9(12)3-4-10(8)11/h3-4,7-8,13H,2,5-6H2,1H3/t8-/m0/s1. The molecule has 1 atom stereocenters. The summed E-state index contributed by atoms with van der Waals surface area (Å²) < 4.78 is 0. The van der Waals surface area contributed by atoms with Crippen LogP contribution in [0.2, 0.25) is 5.02 Å². The van der Waals surface area contributed by atoms with Crippen LogP contribution in [0.1, 0.15) is 31.2 Å². The van der Waals surface area contributed by atoms with E-state index in [1.807, 2.05) is 12.1 Å². The van der Waals surface area contributed by atoms with E-state index in [4.69, 9.17) is 11.6 Å². The Kier molecular flexibility index (Phi) is 2.45. The minimum absolute atomic E-state index is 0.716. The van der Waals surface area contributed by atoms with Crippen molar-refractivity contribution in [3.63, 3.8) is 0 Å². The number of hydrogen-bond donors (Lipinski definition) is 1. The van der Waals surface area contributed by atoms with Crippen molar-refractivity contribution in [2.45, 2.75) is 25.7 Å². The molecule has 0 saturated heterocycles. The lowest BCUT2D eigenvalue weighted by Gasteiger charge is -2.25. The van der Waals surface area contributed by atoms with E-state index in [9.17, 15) is 0 Å². The Morgan fingerprint density at radius 1 is 1.54 bits per heavy atom. The predicted octanol–water partition coefficient (Wildman–Crippen LogP) is 3.65. The molecular formula is C11H14ClN. The number of halogens is 1. The van der Waals surface area contributed by atoms with Gasteiger partial charge in [0.1, 0.15) is 0 Å². The van der Waals surface area contributed by atoms with Crippen LogP contribution in [0.25, 0.3) is 0 Å². The maximum Gasteiger partial charge on any atom is 0.0426 e. The van der Waals surface area contributed by atoms with Crippen molar-refractivity contribution in [2.24, 2.45) is 0 Å². The van der Waals surface area contributed by atoms with E-state index in [1.54, 1.807) is 0 Å². The van der Waals surface area contributed by atoms with Gasteiger partial charge in [-0.3, -0.25) is 0 Å². The average Bonchev–Trinajstić information content (AvgIpc) is 2.16. The van der Waals surface area contributed by atoms with Gasteiger partial charge in [0, 0.05) is 17.3 Å². The first kappa shape index (κ1) is 8.89. The molecule has 2 heteroatoms. The minimum atomic E-state index is 0.716. The molecule has 0 amide bonds. The molecule has 2 rings (SSSR count). The molecule has 0 radical (unpaired) electrons. The first-order valence-corrected chi connectivity index (χ1v) is 5.22. The normalized spacial score (nSPS) is 20.6. The maximum absolute atomic E-state index is 5.93. The van der Waals surface area contributed by atoms with Gasteiger partial charge < -0.3 is 5.32 Å². The van der Waals surface area contributed by atoms with Gasteiger partial charge in [0.2, 0.25) is 0 Å². The number of benzene rings is 1. The number of hydrogen-bond acceptors (Lipinski definition) is 1. The van der Waals surface area contributed by atoms with Crippen molar-refractivity contribution < 1.29 is 0 Å². The SMILES string of the molecule is CC[C@H]1CCNc2cc(Cl)ccc21. The molecular weight excluding hydrogens is 182 g/mol. The lowest BCUT2D eigenvalue weighted by molar-refractivity contribution is 0.608. The molecule has 0 spiro atoms. The first-order valence-electron chi connectivity index (χ1n) is 4.84. The van der Waals surface area contributed by atoms with Crippen molar-refractivity contribution in [1.29, 1.82) is 0 Å². The van der Waals surface area contributed by atoms with Gasteiger partial charge in [-0.25, -0.2) is 0 Å². The Labute approximate surface area is 84.1 Å². The van der Waals surface area contributed by atoms with Crippen LogP contribution in [-0.2, 0) is 0 Å². The fourth-order valence-electron chi connectivity index (χ4n) is 2.00. The zero-order chi connectivity index (χ0) is 9.26. The van der Waals surface area contributed by atoms with Gasteiger partial charge in [-0.15, -0.1) is 0 Å². The van der Waals surface area contributed by atoms with E-state index < -0.39 is 0 Å². The highest BCUT2D eigenvalue weighted by Gasteiger charge is 2.17. The molecule has 0 fully saturated rings. The third kappa shape index (κ3) is 1.66. The summed E-state index contributed by atoms with van der Waals surface area (Å²) in [6, 6.07) is 6.16. The van der Waals surface area contributed by atoms with Crippen molar-refractivity contribution in [2.75, 3.05) is 11.9 Å². The third-order valence-corrected chi connectivity index (χ3v) is 2.99. The second-order valence-electron chi connectivity index (χ2n) is 3.55. The van der Waals surface area contributed by atoms with Crippen LogP contribution in [0.5, 0.6) is 0 Å². The average molecular weight is 196 g/mol. The van der Waals surface area contributed by atoms with Crippen LogP contribution in [0.3, 0.4) is 0 Å². The molecule has 1 aromatic carbocycles. The molecule has 0 bridgehead atoms. The summed E-state index contributed by atoms with van der Waals surface area (Å²) in [7, 11) is 0. The van der Waals surface area contributed by atoms with Crippen LogP contribution in [0.4, 0.5) is 5.69 Å². The van der Waals surface area contributed by atoms with E-state index in [0.29, 0.717) is 5.92 Å². The van der Waals surface area contributed by atoms with Crippen molar-refractivity contribution in [1.82, 2.24) is 0 Å². The highest BCUT2D eigenvalue weighted by atomic mass is 35.5. The highest BCUT2D eigenvalue weighted by molar-refractivity contribution is 6.30. The summed E-state index contributed by atoms with van der Waals surface area (Å²) in [6.45, 7) is 3.32. The van der Waals surface area contributed by atoms with E-state index in [1.165, 1.54) is 24.1 Å². The lowest BCUT2D eigenvalue weighted by Crippen LogP contribution is -2.16. The molecule has 1 aromatic rings. The van der Waals surface area contributed by atoms with Crippen molar-refractivity contribution in [3.8, 4) is 0 Å². The van der Waals surface area contributed by atoms with E-state index in [2.05, 4.69) is 18.3 Å². The van der Waals surface area contributed by atoms with Gasteiger partial charge in [-0.2, -0.15) is 0 Å². The van der Waals surface area contributed by atoms with E-state index >= 15 is 0 Å². The maximum atomic E-state index is 5.93. The largest absolute Gasteiger partial charge is 0.385 e. The van der Waals surface area contributed by atoms with Crippen LogP contribution < -0.4 is 5.32 Å². The number of anilines is 1. The molecule has 13 heavy (non-hydrogen) atoms. The van der Waals surface area contributed by atoms with E-state index in [0.717, 1.165) is 11.6 Å². The Bertz CT molecular complexity index is 309. The molecule has 1 aliphatic heterocycles. The zero-order valence-electron chi connectivity index (χ0n) is 7.81. The van der Waals surface area contributed by atoms with E-state index in [-0.39, 0.29) is 0 Å². The molecule has 0 aliphatic carbocycles. The minimum Gasteiger partial charge on any atom is -0.385 e. The lowest BCUT2D eigenvalue weighted by atomic mass is 9.89. The summed E-state index contributed by atoms with van der Waals surface area (Å²) >= 11 is 5.93. The van der Waals surface area contributed by atoms with Gasteiger partial charge in [-0.1, -0.05) is 24.6 Å². The van der Waals surface area contributed by atoms with Gasteiger partial charge in [0.05, 0.1) is 0 Å². The van der Waals surface area contributed by atoms with Crippen LogP contribution >= 0.6 is 11.6 Å². The molecule has 0 saturated carbocycles. The van der Waals surface area contributed by atoms with Gasteiger partial charge in [-0.05, 0) is 36.5 Å². The summed E-state index contributed by atoms with van der Waals surface area (Å²) in [6.07, 6.45) is 2.46. The van der Waals surface area contributed by atoms with Crippen LogP contribution in [0, 0.1) is 0 Å². The smallest absolute Gasteiger partial charge is 0.0426 e. The fourth-order valence-corrected chi connectivity index (χ4v) is 2.17. The third-order valence-electron chi connectivity index (χ3n) is 2.76. The monoisotopic (exact) mass is 195 g/mol. The summed E-state index contributed by atoms with van der Waals surface area (Å²) in [4.78, 5) is 0. The Morgan fingerprint density at radius 3 is 3.15 bits per heavy atom. The molecule has 0 unspecified atom stereocenters. The molecule has 1 heterocycles. The van der Waals surface area contributed by atoms with Crippen LogP contribution in [0.15, 0.2) is 18.2 Å². The van der Waals surface area contributed by atoms with Crippen LogP contribution in [-0.4, -0.2) is 6.54 Å². The quantitative estimate of drug-likeness (QED) is 0.722. The second kappa shape index (κ2) is 3.59. The second-order valence-corrected chi connectivity index (χ2v) is 3.99. The number of rotatable bonds is 1. The Balaban J connectivity index is 2.40. The summed E-state index contributed by atoms with van der Waals surface area (Å²) in [5, 5.41) is 4.21. The Hall–Kier alpha value is -0.690. The fraction of sp³-hybridized carbons (Fsp3) is 0.455. The molecule has 0 aromatic heterocycles. The Morgan fingerprint density at radius 2 is 2.38 bits per heavy atom. The number of nitrogens with one attached hydrogen (secondary N) is 1. The summed E-state index contributed by atoms with van der Waals surface area (Å²) in [5.41, 5.74) is 2.66. The predicted molar refractivity (Wildman–Crippen MR) is 57.6 cm³/mol. The molecule has 1 aliphatic rings. The van der Waals surface area contributed by atoms with Gasteiger partial charge in [0.25, 0.3) is 0 Å². The molecule has 1 N–H and O–H groups in total. The summed E-state index contributed by atoms with van der Waals surface area (Å²) in [5.74, 6) is 0.716. The topological polar surface area (TPSA) is 12.0 Å². The van der Waals surface area contributed by atoms with Crippen molar-refractivity contribution in [3.05, 3.63) is 28.8 Å². The zero-order valence-corrected chi connectivity index (χ0v) is 8.56. The molecule has 70 valence electrons. The van der Waals surface area contributed by atoms with Crippen molar-refractivity contribution >= 4 is 17.3 Å². The van der Waals surface area contributed by atoms with Gasteiger partial charge >= 0.3 is 0 Å². The molecule has 1 nitrogen and oxygen atoms in total. The highest BCUT2D eigenvalue weighted by Crippen LogP contribution is 2.34.